The summed E-state index contributed by atoms with van der Waals surface area (Å²) >= 11 is 0. The average Bonchev–Trinajstić information content (AvgIpc) is 2.16. The molecule has 13 heavy (non-hydrogen) atoms. The van der Waals surface area contributed by atoms with Gasteiger partial charge in [0.1, 0.15) is 0 Å². The van der Waals surface area contributed by atoms with Crippen molar-refractivity contribution in [2.75, 3.05) is 5.73 Å². The summed E-state index contributed by atoms with van der Waals surface area (Å²) < 4.78 is 3.93. The second-order valence-electron chi connectivity index (χ2n) is 2.75. The SMILES string of the molecule is Nc1ccc2c(N=P)cncc2c1. The molecule has 4 heteroatoms. The molecule has 0 atom stereocenters. The lowest BCUT2D eigenvalue weighted by Gasteiger charge is -2.00. The van der Waals surface area contributed by atoms with Crippen LogP contribution in [-0.2, 0) is 0 Å². The Morgan fingerprint density at radius 2 is 2.15 bits per heavy atom. The lowest BCUT2D eigenvalue weighted by Crippen LogP contribution is -1.84. The smallest absolute Gasteiger partial charge is 0.0933 e. The van der Waals surface area contributed by atoms with Crippen LogP contribution in [0.25, 0.3) is 10.8 Å². The second-order valence-corrected chi connectivity index (χ2v) is 2.97. The van der Waals surface area contributed by atoms with Crippen molar-refractivity contribution in [3.8, 4) is 0 Å². The molecule has 64 valence electrons. The van der Waals surface area contributed by atoms with Crippen molar-refractivity contribution >= 4 is 31.2 Å². The van der Waals surface area contributed by atoms with Gasteiger partial charge >= 0.3 is 0 Å². The molecule has 1 aromatic heterocycles. The van der Waals surface area contributed by atoms with Gasteiger partial charge in [-0.15, -0.1) is 0 Å². The van der Waals surface area contributed by atoms with Crippen molar-refractivity contribution in [1.29, 1.82) is 0 Å². The Hall–Kier alpha value is -1.47. The summed E-state index contributed by atoms with van der Waals surface area (Å²) in [7, 11) is 3.10. The van der Waals surface area contributed by atoms with Gasteiger partial charge in [-0.2, -0.15) is 0 Å². The van der Waals surface area contributed by atoms with Gasteiger partial charge in [-0.1, -0.05) is 6.07 Å². The zero-order chi connectivity index (χ0) is 9.26. The molecule has 0 saturated heterocycles. The van der Waals surface area contributed by atoms with Gasteiger partial charge in [0.05, 0.1) is 11.9 Å². The fourth-order valence-corrected chi connectivity index (χ4v) is 1.45. The van der Waals surface area contributed by atoms with E-state index in [4.69, 9.17) is 5.73 Å². The van der Waals surface area contributed by atoms with Crippen LogP contribution in [0.15, 0.2) is 35.3 Å². The van der Waals surface area contributed by atoms with Gasteiger partial charge in [0.25, 0.3) is 0 Å². The second kappa shape index (κ2) is 3.11. The largest absolute Gasteiger partial charge is 0.399 e. The minimum atomic E-state index is 0.736. The van der Waals surface area contributed by atoms with Gasteiger partial charge in [0, 0.05) is 22.7 Å². The van der Waals surface area contributed by atoms with Gasteiger partial charge in [-0.05, 0) is 21.2 Å². The molecule has 3 nitrogen and oxygen atoms in total. The van der Waals surface area contributed by atoms with E-state index in [1.165, 1.54) is 0 Å². The van der Waals surface area contributed by atoms with Crippen molar-refractivity contribution in [2.45, 2.75) is 0 Å². The molecule has 0 radical (unpaired) electrons. The highest BCUT2D eigenvalue weighted by atomic mass is 31.0. The predicted molar refractivity (Wildman–Crippen MR) is 56.6 cm³/mol. The summed E-state index contributed by atoms with van der Waals surface area (Å²) in [6.45, 7) is 0. The molecular weight excluding hydrogens is 181 g/mol. The van der Waals surface area contributed by atoms with Gasteiger partial charge in [-0.3, -0.25) is 4.98 Å². The first kappa shape index (κ1) is 8.14. The topological polar surface area (TPSA) is 51.3 Å². The minimum Gasteiger partial charge on any atom is -0.399 e. The first-order valence-electron chi connectivity index (χ1n) is 3.82. The standard InChI is InChI=1S/C9H8N3P/c10-7-1-2-8-6(3-7)4-11-5-9(8)12-13/h1-5,13H,10H2. The number of pyridine rings is 1. The lowest BCUT2D eigenvalue weighted by molar-refractivity contribution is 1.35. The summed E-state index contributed by atoms with van der Waals surface area (Å²) in [6.07, 6.45) is 3.47. The molecule has 0 spiro atoms. The number of nitrogens with zero attached hydrogens (tertiary/aromatic N) is 2. The van der Waals surface area contributed by atoms with E-state index in [2.05, 4.69) is 18.8 Å². The van der Waals surface area contributed by atoms with Crippen molar-refractivity contribution in [3.63, 3.8) is 0 Å². The summed E-state index contributed by atoms with van der Waals surface area (Å²) in [5.41, 5.74) is 7.20. The van der Waals surface area contributed by atoms with Crippen molar-refractivity contribution in [1.82, 2.24) is 4.98 Å². The van der Waals surface area contributed by atoms with E-state index in [0.29, 0.717) is 0 Å². The molecule has 0 unspecified atom stereocenters. The Morgan fingerprint density at radius 3 is 2.92 bits per heavy atom. The quantitative estimate of drug-likeness (QED) is 0.553. The third-order valence-electron chi connectivity index (χ3n) is 1.88. The monoisotopic (exact) mass is 189 g/mol. The molecule has 1 heterocycles. The Kier molecular flexibility index (Phi) is 1.95. The minimum absolute atomic E-state index is 0.736. The molecule has 2 rings (SSSR count). The number of anilines is 1. The number of fused-ring (bicyclic) bond motifs is 1. The third kappa shape index (κ3) is 1.38. The first-order chi connectivity index (χ1) is 6.31. The van der Waals surface area contributed by atoms with Gasteiger partial charge in [-0.25, -0.2) is 4.74 Å². The highest BCUT2D eigenvalue weighted by Crippen LogP contribution is 2.26. The van der Waals surface area contributed by atoms with Crippen LogP contribution in [0.3, 0.4) is 0 Å². The summed E-state index contributed by atoms with van der Waals surface area (Å²) in [5.74, 6) is 0. The third-order valence-corrected chi connectivity index (χ3v) is 2.12. The Morgan fingerprint density at radius 1 is 1.31 bits per heavy atom. The highest BCUT2D eigenvalue weighted by molar-refractivity contribution is 7.04. The Bertz CT molecular complexity index is 467. The fraction of sp³-hybridized carbons (Fsp3) is 0. The van der Waals surface area contributed by atoms with E-state index in [0.717, 1.165) is 22.1 Å². The zero-order valence-corrected chi connectivity index (χ0v) is 7.86. The van der Waals surface area contributed by atoms with Crippen LogP contribution in [0.1, 0.15) is 0 Å². The van der Waals surface area contributed by atoms with Gasteiger partial charge in [0.2, 0.25) is 0 Å². The van der Waals surface area contributed by atoms with Crippen LogP contribution in [0.5, 0.6) is 0 Å². The number of nitrogens with two attached hydrogens (primary N) is 1. The summed E-state index contributed by atoms with van der Waals surface area (Å²) in [4.78, 5) is 4.04. The molecule has 0 bridgehead atoms. The molecule has 0 aliphatic rings. The van der Waals surface area contributed by atoms with Gasteiger partial charge in [0.15, 0.2) is 0 Å². The molecule has 1 aromatic carbocycles. The number of hydrogen-bond donors (Lipinski definition) is 1. The van der Waals surface area contributed by atoms with E-state index < -0.39 is 0 Å². The van der Waals surface area contributed by atoms with E-state index >= 15 is 0 Å². The molecule has 0 aliphatic heterocycles. The maximum Gasteiger partial charge on any atom is 0.0933 e. The van der Waals surface area contributed by atoms with Crippen LogP contribution in [-0.4, -0.2) is 4.98 Å². The average molecular weight is 189 g/mol. The van der Waals surface area contributed by atoms with Crippen LogP contribution < -0.4 is 5.73 Å². The van der Waals surface area contributed by atoms with Crippen molar-refractivity contribution in [2.24, 2.45) is 4.74 Å². The van der Waals surface area contributed by atoms with E-state index in [9.17, 15) is 0 Å². The van der Waals surface area contributed by atoms with E-state index in [1.807, 2.05) is 18.2 Å². The molecule has 2 aromatic rings. The van der Waals surface area contributed by atoms with Crippen LogP contribution >= 0.6 is 9.03 Å². The van der Waals surface area contributed by atoms with E-state index in [-0.39, 0.29) is 0 Å². The van der Waals surface area contributed by atoms with Crippen LogP contribution in [0.4, 0.5) is 11.4 Å². The normalized spacial score (nSPS) is 10.2. The maximum atomic E-state index is 5.64. The van der Waals surface area contributed by atoms with Gasteiger partial charge < -0.3 is 5.73 Å². The lowest BCUT2D eigenvalue weighted by atomic mass is 10.1. The molecule has 0 amide bonds. The number of rotatable bonds is 1. The summed E-state index contributed by atoms with van der Waals surface area (Å²) in [5, 5.41) is 2.04. The van der Waals surface area contributed by atoms with Crippen LogP contribution in [0.2, 0.25) is 0 Å². The Balaban J connectivity index is 2.84. The molecule has 0 aliphatic carbocycles. The molecule has 0 saturated carbocycles. The van der Waals surface area contributed by atoms with Crippen molar-refractivity contribution < 1.29 is 0 Å². The van der Waals surface area contributed by atoms with E-state index in [1.54, 1.807) is 12.4 Å². The van der Waals surface area contributed by atoms with Crippen molar-refractivity contribution in [3.05, 3.63) is 30.6 Å². The zero-order valence-electron chi connectivity index (χ0n) is 6.86. The first-order valence-corrected chi connectivity index (χ1v) is 4.26. The molecular formula is C9H8N3P. The molecule has 0 fully saturated rings. The Labute approximate surface area is 77.9 Å². The van der Waals surface area contributed by atoms with Crippen LogP contribution in [0, 0.1) is 0 Å². The number of aromatic nitrogens is 1. The maximum absolute atomic E-state index is 5.64. The number of benzene rings is 1. The fourth-order valence-electron chi connectivity index (χ4n) is 1.27. The number of nitrogen functional groups attached to an aromatic ring is 1. The molecule has 2 N–H and O–H groups in total. The number of hydrogen-bond acceptors (Lipinski definition) is 3. The highest BCUT2D eigenvalue weighted by Gasteiger charge is 1.98. The summed E-state index contributed by atoms with van der Waals surface area (Å²) in [6, 6.07) is 5.66. The predicted octanol–water partition coefficient (Wildman–Crippen LogP) is 2.77.